The number of benzene rings is 1. The van der Waals surface area contributed by atoms with E-state index >= 15 is 0 Å². The Morgan fingerprint density at radius 3 is 2.76 bits per heavy atom. The number of hydrogen-bond donors (Lipinski definition) is 3. The van der Waals surface area contributed by atoms with Gasteiger partial charge >= 0.3 is 0 Å². The fraction of sp³-hybridized carbons (Fsp3) is 0.529. The summed E-state index contributed by atoms with van der Waals surface area (Å²) >= 11 is 0. The van der Waals surface area contributed by atoms with Crippen LogP contribution in [0.2, 0.25) is 0 Å². The van der Waals surface area contributed by atoms with Crippen molar-refractivity contribution >= 4 is 5.69 Å². The number of ether oxygens (including phenoxy) is 1. The number of aliphatic hydroxyl groups excluding tert-OH is 1. The van der Waals surface area contributed by atoms with E-state index in [2.05, 4.69) is 30.2 Å². The molecule has 4 nitrogen and oxygen atoms in total. The van der Waals surface area contributed by atoms with Gasteiger partial charge in [-0.25, -0.2) is 0 Å². The molecular formula is C17H28N2O2. The summed E-state index contributed by atoms with van der Waals surface area (Å²) in [5, 5.41) is 16.2. The van der Waals surface area contributed by atoms with Gasteiger partial charge in [-0.3, -0.25) is 0 Å². The Kier molecular flexibility index (Phi) is 7.87. The molecule has 0 saturated carbocycles. The summed E-state index contributed by atoms with van der Waals surface area (Å²) in [5.74, 6) is 1.25. The summed E-state index contributed by atoms with van der Waals surface area (Å²) in [5.41, 5.74) is 2.27. The lowest BCUT2D eigenvalue weighted by molar-refractivity contribution is 0.166. The van der Waals surface area contributed by atoms with Gasteiger partial charge in [0.25, 0.3) is 0 Å². The zero-order chi connectivity index (χ0) is 15.7. The number of nitrogens with one attached hydrogen (secondary N) is 2. The molecule has 1 rings (SSSR count). The molecule has 0 saturated heterocycles. The number of anilines is 1. The van der Waals surface area contributed by atoms with Crippen LogP contribution in [0.3, 0.4) is 0 Å². The van der Waals surface area contributed by atoms with E-state index in [-0.39, 0.29) is 6.10 Å². The van der Waals surface area contributed by atoms with Crippen LogP contribution in [-0.2, 0) is 6.54 Å². The number of hydrogen-bond acceptors (Lipinski definition) is 4. The molecule has 0 aliphatic rings. The van der Waals surface area contributed by atoms with Crippen LogP contribution in [0.5, 0.6) is 5.75 Å². The van der Waals surface area contributed by atoms with Gasteiger partial charge in [0, 0.05) is 31.4 Å². The van der Waals surface area contributed by atoms with Crippen LogP contribution >= 0.6 is 0 Å². The molecule has 0 heterocycles. The predicted molar refractivity (Wildman–Crippen MR) is 88.8 cm³/mol. The van der Waals surface area contributed by atoms with Gasteiger partial charge in [-0.2, -0.15) is 0 Å². The fourth-order valence-corrected chi connectivity index (χ4v) is 2.26. The van der Waals surface area contributed by atoms with Gasteiger partial charge < -0.3 is 20.5 Å². The first-order valence-electron chi connectivity index (χ1n) is 7.47. The van der Waals surface area contributed by atoms with Crippen LogP contribution in [0.1, 0.15) is 25.8 Å². The zero-order valence-electron chi connectivity index (χ0n) is 13.4. The third-order valence-electron chi connectivity index (χ3n) is 3.31. The molecule has 21 heavy (non-hydrogen) atoms. The van der Waals surface area contributed by atoms with Crippen molar-refractivity contribution in [2.45, 2.75) is 32.9 Å². The molecule has 118 valence electrons. The van der Waals surface area contributed by atoms with Crippen molar-refractivity contribution in [2.75, 3.05) is 25.5 Å². The van der Waals surface area contributed by atoms with E-state index in [1.807, 2.05) is 25.1 Å². The maximum atomic E-state index is 9.43. The normalized spacial score (nSPS) is 13.5. The Hall–Kier alpha value is -1.52. The van der Waals surface area contributed by atoms with Crippen LogP contribution in [0.25, 0.3) is 0 Å². The minimum absolute atomic E-state index is 0.263. The summed E-state index contributed by atoms with van der Waals surface area (Å²) in [7, 11) is 1.67. The average Bonchev–Trinajstić information content (AvgIpc) is 2.45. The smallest absolute Gasteiger partial charge is 0.120 e. The number of aliphatic hydroxyl groups is 1. The highest BCUT2D eigenvalue weighted by molar-refractivity contribution is 5.55. The second kappa shape index (κ2) is 9.42. The van der Waals surface area contributed by atoms with Crippen LogP contribution in [0.4, 0.5) is 5.69 Å². The van der Waals surface area contributed by atoms with E-state index in [4.69, 9.17) is 4.74 Å². The second-order valence-corrected chi connectivity index (χ2v) is 5.51. The van der Waals surface area contributed by atoms with Gasteiger partial charge in [-0.15, -0.1) is 6.58 Å². The molecule has 0 spiro atoms. The minimum Gasteiger partial charge on any atom is -0.497 e. The van der Waals surface area contributed by atoms with Gasteiger partial charge in [-0.05, 0) is 30.9 Å². The lowest BCUT2D eigenvalue weighted by Crippen LogP contribution is -2.18. The van der Waals surface area contributed by atoms with Crippen molar-refractivity contribution in [1.82, 2.24) is 5.32 Å². The summed E-state index contributed by atoms with van der Waals surface area (Å²) in [6.45, 7) is 10.1. The molecule has 0 aromatic heterocycles. The van der Waals surface area contributed by atoms with Gasteiger partial charge in [-0.1, -0.05) is 19.1 Å². The molecule has 0 radical (unpaired) electrons. The molecule has 2 unspecified atom stereocenters. The first-order chi connectivity index (χ1) is 10.1. The van der Waals surface area contributed by atoms with E-state index < -0.39 is 0 Å². The third-order valence-corrected chi connectivity index (χ3v) is 3.31. The Labute approximate surface area is 128 Å². The maximum absolute atomic E-state index is 9.43. The average molecular weight is 292 g/mol. The molecule has 0 fully saturated rings. The minimum atomic E-state index is -0.263. The molecule has 0 amide bonds. The fourth-order valence-electron chi connectivity index (χ4n) is 2.26. The molecule has 3 N–H and O–H groups in total. The zero-order valence-corrected chi connectivity index (χ0v) is 13.4. The predicted octanol–water partition coefficient (Wildman–Crippen LogP) is 2.79. The van der Waals surface area contributed by atoms with Crippen LogP contribution in [0.15, 0.2) is 30.9 Å². The van der Waals surface area contributed by atoms with E-state index in [0.717, 1.165) is 37.5 Å². The lowest BCUT2D eigenvalue weighted by Gasteiger charge is -2.18. The van der Waals surface area contributed by atoms with Gasteiger partial charge in [0.1, 0.15) is 5.75 Å². The molecular weight excluding hydrogens is 264 g/mol. The van der Waals surface area contributed by atoms with Crippen molar-refractivity contribution in [3.05, 3.63) is 36.4 Å². The highest BCUT2D eigenvalue weighted by atomic mass is 16.5. The van der Waals surface area contributed by atoms with Crippen LogP contribution in [0, 0.1) is 5.92 Å². The van der Waals surface area contributed by atoms with Crippen molar-refractivity contribution in [2.24, 2.45) is 5.92 Å². The Balaban J connectivity index is 2.69. The highest BCUT2D eigenvalue weighted by Crippen LogP contribution is 2.23. The first kappa shape index (κ1) is 17.5. The quantitative estimate of drug-likeness (QED) is 0.458. The summed E-state index contributed by atoms with van der Waals surface area (Å²) in [6.07, 6.45) is 2.38. The molecule has 2 atom stereocenters. The van der Waals surface area contributed by atoms with Crippen molar-refractivity contribution < 1.29 is 9.84 Å². The Morgan fingerprint density at radius 1 is 1.38 bits per heavy atom. The Bertz CT molecular complexity index is 433. The molecule has 0 bridgehead atoms. The molecule has 4 heteroatoms. The van der Waals surface area contributed by atoms with Crippen LogP contribution < -0.4 is 15.4 Å². The number of rotatable bonds is 10. The summed E-state index contributed by atoms with van der Waals surface area (Å²) in [6, 6.07) is 6.05. The molecule has 1 aromatic carbocycles. The van der Waals surface area contributed by atoms with E-state index in [1.54, 1.807) is 7.11 Å². The van der Waals surface area contributed by atoms with E-state index in [9.17, 15) is 5.11 Å². The monoisotopic (exact) mass is 292 g/mol. The summed E-state index contributed by atoms with van der Waals surface area (Å²) < 4.78 is 5.29. The van der Waals surface area contributed by atoms with Gasteiger partial charge in [0.2, 0.25) is 0 Å². The van der Waals surface area contributed by atoms with Gasteiger partial charge in [0.15, 0.2) is 0 Å². The number of methoxy groups -OCH3 is 1. The highest BCUT2D eigenvalue weighted by Gasteiger charge is 2.09. The summed E-state index contributed by atoms with van der Waals surface area (Å²) in [4.78, 5) is 0. The third kappa shape index (κ3) is 6.65. The molecule has 1 aromatic rings. The van der Waals surface area contributed by atoms with E-state index in [1.165, 1.54) is 5.56 Å². The molecule has 0 aliphatic heterocycles. The van der Waals surface area contributed by atoms with Crippen LogP contribution in [-0.4, -0.2) is 31.4 Å². The van der Waals surface area contributed by atoms with Gasteiger partial charge in [0.05, 0.1) is 13.2 Å². The largest absolute Gasteiger partial charge is 0.497 e. The second-order valence-electron chi connectivity index (χ2n) is 5.51. The lowest BCUT2D eigenvalue weighted by atomic mass is 10.0. The Morgan fingerprint density at radius 2 is 2.14 bits per heavy atom. The van der Waals surface area contributed by atoms with E-state index in [0.29, 0.717) is 5.92 Å². The molecule has 0 aliphatic carbocycles. The first-order valence-corrected chi connectivity index (χ1v) is 7.47. The van der Waals surface area contributed by atoms with Crippen molar-refractivity contribution in [3.8, 4) is 5.75 Å². The maximum Gasteiger partial charge on any atom is 0.120 e. The SMILES string of the molecule is C=CCNCc1ccc(OC)cc1NCC(C)CC(C)O. The topological polar surface area (TPSA) is 53.5 Å². The standard InChI is InChI=1S/C17H28N2O2/c1-5-8-18-12-15-6-7-16(21-4)10-17(15)19-11-13(2)9-14(3)20/h5-7,10,13-14,18-20H,1,8-9,11-12H2,2-4H3. The van der Waals surface area contributed by atoms with Crippen molar-refractivity contribution in [3.63, 3.8) is 0 Å². The van der Waals surface area contributed by atoms with Crippen molar-refractivity contribution in [1.29, 1.82) is 0 Å².